The van der Waals surface area contributed by atoms with Crippen molar-refractivity contribution in [3.63, 3.8) is 0 Å². The number of benzene rings is 1. The minimum absolute atomic E-state index is 0.134. The van der Waals surface area contributed by atoms with Gasteiger partial charge >= 0.3 is 13.6 Å². The number of hydrogen-bond acceptors (Lipinski definition) is 5. The van der Waals surface area contributed by atoms with E-state index in [-0.39, 0.29) is 42.8 Å². The summed E-state index contributed by atoms with van der Waals surface area (Å²) in [5, 5.41) is 0. The molecule has 142 valence electrons. The summed E-state index contributed by atoms with van der Waals surface area (Å²) in [6.07, 6.45) is -0.378. The molecule has 0 saturated carbocycles. The summed E-state index contributed by atoms with van der Waals surface area (Å²) in [6.45, 7) is 10.9. The average Bonchev–Trinajstić information content (AvgIpc) is 2.44. The lowest BCUT2D eigenvalue weighted by Gasteiger charge is -2.27. The zero-order chi connectivity index (χ0) is 19.0. The van der Waals surface area contributed by atoms with Crippen LogP contribution in [-0.2, 0) is 23.1 Å². The van der Waals surface area contributed by atoms with Gasteiger partial charge in [0.15, 0.2) is 0 Å². The molecule has 1 unspecified atom stereocenters. The number of carbonyl (C=O) groups is 1. The first-order valence-electron chi connectivity index (χ1n) is 8.81. The Morgan fingerprint density at radius 2 is 1.44 bits per heavy atom. The Morgan fingerprint density at radius 3 is 1.88 bits per heavy atom. The molecule has 0 heterocycles. The van der Waals surface area contributed by atoms with Crippen molar-refractivity contribution in [3.8, 4) is 0 Å². The topological polar surface area (TPSA) is 61.8 Å². The molecule has 1 aromatic carbocycles. The molecule has 0 fully saturated rings. The number of ether oxygens (including phenoxy) is 1. The first kappa shape index (κ1) is 21.9. The van der Waals surface area contributed by atoms with Crippen LogP contribution >= 0.6 is 7.60 Å². The molecule has 1 atom stereocenters. The number of esters is 1. The van der Waals surface area contributed by atoms with Crippen molar-refractivity contribution >= 4 is 13.6 Å². The Hall–Kier alpha value is -1.16. The molecule has 1 rings (SSSR count). The zero-order valence-corrected chi connectivity index (χ0v) is 17.0. The van der Waals surface area contributed by atoms with Gasteiger partial charge in [0.25, 0.3) is 0 Å². The van der Waals surface area contributed by atoms with E-state index < -0.39 is 7.60 Å². The van der Waals surface area contributed by atoms with Crippen LogP contribution in [0.4, 0.5) is 0 Å². The predicted octanol–water partition coefficient (Wildman–Crippen LogP) is 5.16. The monoisotopic (exact) mass is 370 g/mol. The molecule has 0 aromatic heterocycles. The highest BCUT2D eigenvalue weighted by molar-refractivity contribution is 7.53. The largest absolute Gasteiger partial charge is 0.463 e. The van der Waals surface area contributed by atoms with Crippen molar-refractivity contribution in [2.75, 3.05) is 6.16 Å². The lowest BCUT2D eigenvalue weighted by molar-refractivity contribution is -0.147. The second-order valence-corrected chi connectivity index (χ2v) is 8.96. The van der Waals surface area contributed by atoms with E-state index in [9.17, 15) is 9.36 Å². The fraction of sp³-hybridized carbons (Fsp3) is 0.632. The fourth-order valence-electron chi connectivity index (χ4n) is 2.55. The standard InChI is InChI=1S/C19H31O5P/c1-14(2)22-19(20)12-18(17-10-8-7-9-11-17)13-25(21,23-15(3)4)24-16(5)6/h7-11,14-16,18H,12-13H2,1-6H3. The molecule has 25 heavy (non-hydrogen) atoms. The molecular weight excluding hydrogens is 339 g/mol. The SMILES string of the molecule is CC(C)OC(=O)CC(CP(=O)(OC(C)C)OC(C)C)c1ccccc1. The number of hydrogen-bond donors (Lipinski definition) is 0. The van der Waals surface area contributed by atoms with Gasteiger partial charge in [-0.05, 0) is 47.1 Å². The molecule has 0 aliphatic carbocycles. The summed E-state index contributed by atoms with van der Waals surface area (Å²) in [7, 11) is -3.35. The van der Waals surface area contributed by atoms with Gasteiger partial charge in [0.1, 0.15) is 0 Å². The van der Waals surface area contributed by atoms with Crippen LogP contribution in [0.1, 0.15) is 59.4 Å². The molecule has 1 aromatic rings. The van der Waals surface area contributed by atoms with E-state index in [2.05, 4.69) is 0 Å². The molecule has 5 nitrogen and oxygen atoms in total. The van der Waals surface area contributed by atoms with E-state index in [0.29, 0.717) is 0 Å². The Bertz CT molecular complexity index is 554. The molecule has 0 aliphatic rings. The van der Waals surface area contributed by atoms with E-state index in [4.69, 9.17) is 13.8 Å². The molecule has 0 spiro atoms. The Morgan fingerprint density at radius 1 is 0.920 bits per heavy atom. The van der Waals surface area contributed by atoms with Crippen molar-refractivity contribution in [2.45, 2.75) is 72.2 Å². The van der Waals surface area contributed by atoms with Gasteiger partial charge in [-0.25, -0.2) is 0 Å². The number of rotatable bonds is 10. The third-order valence-corrected chi connectivity index (χ3v) is 5.61. The van der Waals surface area contributed by atoms with Crippen LogP contribution in [0.3, 0.4) is 0 Å². The van der Waals surface area contributed by atoms with Crippen molar-refractivity contribution in [1.82, 2.24) is 0 Å². The molecule has 0 bridgehead atoms. The predicted molar refractivity (Wildman–Crippen MR) is 99.9 cm³/mol. The van der Waals surface area contributed by atoms with Crippen LogP contribution in [0.5, 0.6) is 0 Å². The van der Waals surface area contributed by atoms with Crippen LogP contribution in [0.15, 0.2) is 30.3 Å². The zero-order valence-electron chi connectivity index (χ0n) is 16.1. The maximum atomic E-state index is 13.2. The van der Waals surface area contributed by atoms with Crippen LogP contribution in [0.2, 0.25) is 0 Å². The van der Waals surface area contributed by atoms with E-state index in [1.807, 2.05) is 71.9 Å². The van der Waals surface area contributed by atoms with Crippen LogP contribution in [-0.4, -0.2) is 30.4 Å². The summed E-state index contributed by atoms with van der Waals surface area (Å²) in [5.41, 5.74) is 0.920. The van der Waals surface area contributed by atoms with E-state index in [0.717, 1.165) is 5.56 Å². The first-order valence-corrected chi connectivity index (χ1v) is 10.5. The Kier molecular flexibility index (Phi) is 8.84. The lowest BCUT2D eigenvalue weighted by Crippen LogP contribution is -2.19. The smallest absolute Gasteiger partial charge is 0.331 e. The molecule has 0 amide bonds. The summed E-state index contributed by atoms with van der Waals surface area (Å²) in [4.78, 5) is 12.2. The van der Waals surface area contributed by atoms with Crippen LogP contribution < -0.4 is 0 Å². The van der Waals surface area contributed by atoms with E-state index >= 15 is 0 Å². The third kappa shape index (κ3) is 8.66. The van der Waals surface area contributed by atoms with Gasteiger partial charge in [-0.3, -0.25) is 9.36 Å². The Balaban J connectivity index is 3.04. The van der Waals surface area contributed by atoms with Crippen LogP contribution in [0, 0.1) is 0 Å². The van der Waals surface area contributed by atoms with Gasteiger partial charge in [0, 0.05) is 5.92 Å². The van der Waals surface area contributed by atoms with Gasteiger partial charge in [-0.1, -0.05) is 30.3 Å². The van der Waals surface area contributed by atoms with Gasteiger partial charge in [0.2, 0.25) is 0 Å². The van der Waals surface area contributed by atoms with E-state index in [1.165, 1.54) is 0 Å². The fourth-order valence-corrected chi connectivity index (χ4v) is 4.93. The molecule has 0 radical (unpaired) electrons. The summed E-state index contributed by atoms with van der Waals surface area (Å²) < 4.78 is 29.8. The van der Waals surface area contributed by atoms with Gasteiger partial charge in [0.05, 0.1) is 30.9 Å². The number of carbonyl (C=O) groups excluding carboxylic acids is 1. The Labute approximate surface area is 151 Å². The molecule has 0 saturated heterocycles. The highest BCUT2D eigenvalue weighted by atomic mass is 31.2. The summed E-state index contributed by atoms with van der Waals surface area (Å²) >= 11 is 0. The minimum Gasteiger partial charge on any atom is -0.463 e. The highest BCUT2D eigenvalue weighted by Crippen LogP contribution is 2.53. The third-order valence-electron chi connectivity index (χ3n) is 3.24. The van der Waals surface area contributed by atoms with Crippen molar-refractivity contribution in [1.29, 1.82) is 0 Å². The first-order chi connectivity index (χ1) is 11.6. The van der Waals surface area contributed by atoms with Crippen molar-refractivity contribution in [3.05, 3.63) is 35.9 Å². The van der Waals surface area contributed by atoms with Gasteiger partial charge < -0.3 is 13.8 Å². The van der Waals surface area contributed by atoms with Gasteiger partial charge in [-0.2, -0.15) is 0 Å². The molecule has 6 heteroatoms. The molecule has 0 aliphatic heterocycles. The summed E-state index contributed by atoms with van der Waals surface area (Å²) in [5.74, 6) is -0.611. The maximum Gasteiger partial charge on any atom is 0.331 e. The molecule has 0 N–H and O–H groups in total. The second kappa shape index (κ2) is 10.1. The summed E-state index contributed by atoms with van der Waals surface area (Å²) in [6, 6.07) is 9.54. The average molecular weight is 370 g/mol. The van der Waals surface area contributed by atoms with Crippen molar-refractivity contribution < 1.29 is 23.1 Å². The second-order valence-electron chi connectivity index (χ2n) is 6.95. The van der Waals surface area contributed by atoms with Crippen molar-refractivity contribution in [2.24, 2.45) is 0 Å². The normalized spacial score (nSPS) is 13.5. The maximum absolute atomic E-state index is 13.2. The van der Waals surface area contributed by atoms with Gasteiger partial charge in [-0.15, -0.1) is 0 Å². The minimum atomic E-state index is -3.35. The van der Waals surface area contributed by atoms with E-state index in [1.54, 1.807) is 0 Å². The lowest BCUT2D eigenvalue weighted by atomic mass is 9.98. The van der Waals surface area contributed by atoms with Crippen LogP contribution in [0.25, 0.3) is 0 Å². The molecular formula is C19H31O5P. The highest BCUT2D eigenvalue weighted by Gasteiger charge is 2.33. The quantitative estimate of drug-likeness (QED) is 0.421.